The van der Waals surface area contributed by atoms with Crippen LogP contribution >= 0.6 is 11.6 Å². The molecule has 1 aliphatic heterocycles. The molecule has 3 heteroatoms. The van der Waals surface area contributed by atoms with Crippen LogP contribution in [0, 0.1) is 6.92 Å². The zero-order valence-corrected chi connectivity index (χ0v) is 12.8. The monoisotopic (exact) mass is 296 g/mol. The van der Waals surface area contributed by atoms with E-state index in [1.807, 2.05) is 24.3 Å². The van der Waals surface area contributed by atoms with Crippen LogP contribution in [-0.2, 0) is 0 Å². The lowest BCUT2D eigenvalue weighted by molar-refractivity contribution is 0.857. The summed E-state index contributed by atoms with van der Waals surface area (Å²) in [5, 5.41) is 0.725. The zero-order chi connectivity index (χ0) is 14.7. The molecule has 3 rings (SSSR count). The third-order valence-corrected chi connectivity index (χ3v) is 3.74. The van der Waals surface area contributed by atoms with E-state index in [9.17, 15) is 0 Å². The van der Waals surface area contributed by atoms with E-state index in [-0.39, 0.29) is 0 Å². The van der Waals surface area contributed by atoms with Gasteiger partial charge in [0.25, 0.3) is 0 Å². The van der Waals surface area contributed by atoms with E-state index >= 15 is 0 Å². The summed E-state index contributed by atoms with van der Waals surface area (Å²) in [7, 11) is 0. The highest BCUT2D eigenvalue weighted by atomic mass is 35.5. The van der Waals surface area contributed by atoms with Crippen molar-refractivity contribution in [2.24, 2.45) is 9.98 Å². The summed E-state index contributed by atoms with van der Waals surface area (Å²) in [6.45, 7) is 3.71. The maximum absolute atomic E-state index is 6.12. The van der Waals surface area contributed by atoms with Crippen LogP contribution in [0.3, 0.4) is 0 Å². The van der Waals surface area contributed by atoms with Crippen molar-refractivity contribution in [2.75, 3.05) is 13.1 Å². The number of aliphatic imine (C=N–C) groups is 2. The van der Waals surface area contributed by atoms with E-state index < -0.39 is 0 Å². The Morgan fingerprint density at radius 2 is 1.52 bits per heavy atom. The Morgan fingerprint density at radius 1 is 0.857 bits per heavy atom. The van der Waals surface area contributed by atoms with E-state index in [1.54, 1.807) is 0 Å². The third-order valence-electron chi connectivity index (χ3n) is 3.50. The minimum absolute atomic E-state index is 0.725. The first kappa shape index (κ1) is 14.0. The van der Waals surface area contributed by atoms with Crippen LogP contribution in [0.4, 0.5) is 0 Å². The summed E-state index contributed by atoms with van der Waals surface area (Å²) in [6, 6.07) is 16.3. The topological polar surface area (TPSA) is 24.7 Å². The van der Waals surface area contributed by atoms with Gasteiger partial charge < -0.3 is 0 Å². The second-order valence-electron chi connectivity index (χ2n) is 5.19. The van der Waals surface area contributed by atoms with Crippen LogP contribution in [0.25, 0.3) is 0 Å². The van der Waals surface area contributed by atoms with Gasteiger partial charge in [0.15, 0.2) is 0 Å². The highest BCUT2D eigenvalue weighted by Gasteiger charge is 2.16. The van der Waals surface area contributed by atoms with Crippen LogP contribution in [-0.4, -0.2) is 24.5 Å². The van der Waals surface area contributed by atoms with Crippen LogP contribution in [0.1, 0.15) is 23.1 Å². The van der Waals surface area contributed by atoms with Crippen molar-refractivity contribution >= 4 is 23.0 Å². The van der Waals surface area contributed by atoms with Crippen LogP contribution in [0.5, 0.6) is 0 Å². The van der Waals surface area contributed by atoms with Crippen molar-refractivity contribution in [3.63, 3.8) is 0 Å². The summed E-state index contributed by atoms with van der Waals surface area (Å²) < 4.78 is 0. The molecule has 0 saturated carbocycles. The summed E-state index contributed by atoms with van der Waals surface area (Å²) >= 11 is 6.12. The van der Waals surface area contributed by atoms with Gasteiger partial charge in [-0.15, -0.1) is 0 Å². The van der Waals surface area contributed by atoms with Crippen LogP contribution < -0.4 is 0 Å². The lowest BCUT2D eigenvalue weighted by atomic mass is 9.99. The molecule has 0 aliphatic carbocycles. The first-order valence-corrected chi connectivity index (χ1v) is 7.54. The number of aryl methyl sites for hydroxylation is 1. The maximum Gasteiger partial charge on any atom is 0.0905 e. The Bertz CT molecular complexity index is 699. The maximum atomic E-state index is 6.12. The van der Waals surface area contributed by atoms with Gasteiger partial charge in [0, 0.05) is 29.2 Å². The van der Waals surface area contributed by atoms with Crippen LogP contribution in [0.15, 0.2) is 58.5 Å². The Morgan fingerprint density at radius 3 is 2.19 bits per heavy atom. The summed E-state index contributed by atoms with van der Waals surface area (Å²) in [5.74, 6) is 0. The molecule has 2 nitrogen and oxygen atoms in total. The normalized spacial score (nSPS) is 15.1. The molecule has 106 valence electrons. The van der Waals surface area contributed by atoms with Crippen LogP contribution in [0.2, 0.25) is 5.02 Å². The largest absolute Gasteiger partial charge is 0.282 e. The number of benzene rings is 2. The van der Waals surface area contributed by atoms with Crippen molar-refractivity contribution in [3.05, 3.63) is 70.2 Å². The van der Waals surface area contributed by atoms with Gasteiger partial charge in [-0.05, 0) is 25.5 Å². The lowest BCUT2D eigenvalue weighted by Gasteiger charge is -2.10. The average Bonchev–Trinajstić information content (AvgIpc) is 2.74. The van der Waals surface area contributed by atoms with Crippen molar-refractivity contribution in [3.8, 4) is 0 Å². The fourth-order valence-electron chi connectivity index (χ4n) is 2.41. The molecule has 1 aliphatic rings. The second-order valence-corrected chi connectivity index (χ2v) is 5.63. The zero-order valence-electron chi connectivity index (χ0n) is 12.0. The van der Waals surface area contributed by atoms with E-state index in [2.05, 4.69) is 31.2 Å². The molecule has 2 aromatic carbocycles. The molecule has 0 fully saturated rings. The molecule has 0 aromatic heterocycles. The van der Waals surface area contributed by atoms with Gasteiger partial charge in [-0.3, -0.25) is 9.98 Å². The van der Waals surface area contributed by atoms with E-state index in [0.29, 0.717) is 0 Å². The Balaban J connectivity index is 2.07. The first-order valence-electron chi connectivity index (χ1n) is 7.16. The second kappa shape index (κ2) is 6.23. The van der Waals surface area contributed by atoms with Gasteiger partial charge >= 0.3 is 0 Å². The van der Waals surface area contributed by atoms with Gasteiger partial charge in [0.2, 0.25) is 0 Å². The molecule has 0 bridgehead atoms. The van der Waals surface area contributed by atoms with E-state index in [4.69, 9.17) is 21.6 Å². The fraction of sp³-hybridized carbons (Fsp3) is 0.222. The summed E-state index contributed by atoms with van der Waals surface area (Å²) in [6.07, 6.45) is 0.986. The highest BCUT2D eigenvalue weighted by molar-refractivity contribution is 6.53. The van der Waals surface area contributed by atoms with Crippen molar-refractivity contribution < 1.29 is 0 Å². The SMILES string of the molecule is Cc1ccc(C2=NCCCN=C2c2cccc(Cl)c2)cc1. The van der Waals surface area contributed by atoms with Crippen molar-refractivity contribution in [2.45, 2.75) is 13.3 Å². The molecule has 21 heavy (non-hydrogen) atoms. The average molecular weight is 297 g/mol. The predicted octanol–water partition coefficient (Wildman–Crippen LogP) is 4.33. The van der Waals surface area contributed by atoms with Gasteiger partial charge in [0.1, 0.15) is 0 Å². The fourth-order valence-corrected chi connectivity index (χ4v) is 2.60. The first-order chi connectivity index (χ1) is 10.2. The molecule has 0 amide bonds. The van der Waals surface area contributed by atoms with Crippen molar-refractivity contribution in [1.29, 1.82) is 0 Å². The molecule has 0 spiro atoms. The highest BCUT2D eigenvalue weighted by Crippen LogP contribution is 2.17. The Kier molecular flexibility index (Phi) is 4.16. The van der Waals surface area contributed by atoms with Crippen molar-refractivity contribution in [1.82, 2.24) is 0 Å². The quantitative estimate of drug-likeness (QED) is 0.788. The van der Waals surface area contributed by atoms with Gasteiger partial charge in [-0.1, -0.05) is 53.6 Å². The van der Waals surface area contributed by atoms with Gasteiger partial charge in [-0.25, -0.2) is 0 Å². The van der Waals surface area contributed by atoms with E-state index in [1.165, 1.54) is 5.56 Å². The molecular formula is C18H17ClN2. The number of hydrogen-bond donors (Lipinski definition) is 0. The minimum Gasteiger partial charge on any atom is -0.282 e. The molecule has 0 unspecified atom stereocenters. The molecule has 0 N–H and O–H groups in total. The van der Waals surface area contributed by atoms with Gasteiger partial charge in [0.05, 0.1) is 11.4 Å². The third kappa shape index (κ3) is 3.22. The lowest BCUT2D eigenvalue weighted by Crippen LogP contribution is -2.17. The Labute approximate surface area is 130 Å². The Hall–Kier alpha value is -1.93. The smallest absolute Gasteiger partial charge is 0.0905 e. The number of halogens is 1. The number of nitrogens with zero attached hydrogens (tertiary/aromatic N) is 2. The summed E-state index contributed by atoms with van der Waals surface area (Å²) in [4.78, 5) is 9.50. The molecule has 0 saturated heterocycles. The van der Waals surface area contributed by atoms with E-state index in [0.717, 1.165) is 47.1 Å². The molecule has 0 radical (unpaired) electrons. The molecule has 2 aromatic rings. The minimum atomic E-state index is 0.725. The number of rotatable bonds is 2. The molecule has 1 heterocycles. The number of hydrogen-bond acceptors (Lipinski definition) is 2. The van der Waals surface area contributed by atoms with Gasteiger partial charge in [-0.2, -0.15) is 0 Å². The predicted molar refractivity (Wildman–Crippen MR) is 90.1 cm³/mol. The molecular weight excluding hydrogens is 280 g/mol. The summed E-state index contributed by atoms with van der Waals surface area (Å²) in [5.41, 5.74) is 5.30. The standard InChI is InChI=1S/C18H17ClN2/c1-13-6-8-14(9-7-13)17-18(21-11-3-10-20-17)15-4-2-5-16(19)12-15/h2,4-9,12H,3,10-11H2,1H3. The molecule has 0 atom stereocenters.